The average molecular weight is 330 g/mol. The molecule has 2 aromatic carbocycles. The van der Waals surface area contributed by atoms with Crippen LogP contribution in [0.15, 0.2) is 54.6 Å². The van der Waals surface area contributed by atoms with Crippen LogP contribution in [-0.2, 0) is 0 Å². The molecule has 0 aliphatic heterocycles. The number of benzene rings is 2. The first kappa shape index (κ1) is 17.6. The molecule has 122 valence electrons. The summed E-state index contributed by atoms with van der Waals surface area (Å²) in [4.78, 5) is 2.42. The molecule has 0 amide bonds. The van der Waals surface area contributed by atoms with Crippen molar-refractivity contribution in [3.8, 4) is 11.5 Å². The second kappa shape index (κ2) is 9.39. The van der Waals surface area contributed by atoms with E-state index in [1.807, 2.05) is 36.4 Å². The summed E-state index contributed by atoms with van der Waals surface area (Å²) in [5, 5.41) is 0.711. The van der Waals surface area contributed by atoms with Gasteiger partial charge in [-0.2, -0.15) is 0 Å². The largest absolute Gasteiger partial charge is 0.457 e. The number of hydrogen-bond acceptors (Lipinski definition) is 2. The Balaban J connectivity index is 1.85. The molecular formula is C20H24ClNO. The minimum atomic E-state index is 0.711. The second-order valence-corrected chi connectivity index (χ2v) is 5.78. The summed E-state index contributed by atoms with van der Waals surface area (Å²) in [5.41, 5.74) is 1.19. The van der Waals surface area contributed by atoms with Crippen LogP contribution in [0.1, 0.15) is 25.8 Å². The molecule has 2 rings (SSSR count). The van der Waals surface area contributed by atoms with Gasteiger partial charge in [-0.25, -0.2) is 0 Å². The van der Waals surface area contributed by atoms with Crippen LogP contribution >= 0.6 is 11.6 Å². The quantitative estimate of drug-likeness (QED) is 0.599. The molecule has 2 nitrogen and oxygen atoms in total. The van der Waals surface area contributed by atoms with E-state index in [9.17, 15) is 0 Å². The van der Waals surface area contributed by atoms with Crippen LogP contribution in [0.2, 0.25) is 5.02 Å². The fraction of sp³-hybridized carbons (Fsp3) is 0.300. The van der Waals surface area contributed by atoms with Crippen LogP contribution in [0.3, 0.4) is 0 Å². The van der Waals surface area contributed by atoms with Crippen molar-refractivity contribution in [3.63, 3.8) is 0 Å². The minimum Gasteiger partial charge on any atom is -0.457 e. The van der Waals surface area contributed by atoms with Gasteiger partial charge in [-0.05, 0) is 61.5 Å². The number of ether oxygens (including phenoxy) is 1. The Labute approximate surface area is 144 Å². The van der Waals surface area contributed by atoms with E-state index in [0.29, 0.717) is 5.02 Å². The maximum atomic E-state index is 5.87. The molecule has 0 N–H and O–H groups in total. The first-order valence-corrected chi connectivity index (χ1v) is 8.51. The minimum absolute atomic E-state index is 0.711. The molecule has 0 atom stereocenters. The van der Waals surface area contributed by atoms with Gasteiger partial charge in [-0.3, -0.25) is 0 Å². The third-order valence-electron chi connectivity index (χ3n) is 3.75. The second-order valence-electron chi connectivity index (χ2n) is 5.34. The molecule has 0 saturated carbocycles. The molecule has 0 heterocycles. The van der Waals surface area contributed by atoms with Crippen molar-refractivity contribution >= 4 is 17.7 Å². The smallest absolute Gasteiger partial charge is 0.127 e. The van der Waals surface area contributed by atoms with Gasteiger partial charge < -0.3 is 9.64 Å². The zero-order valence-corrected chi connectivity index (χ0v) is 14.6. The maximum Gasteiger partial charge on any atom is 0.127 e. The summed E-state index contributed by atoms with van der Waals surface area (Å²) >= 11 is 5.87. The average Bonchev–Trinajstić information content (AvgIpc) is 2.58. The fourth-order valence-corrected chi connectivity index (χ4v) is 2.43. The molecule has 0 bridgehead atoms. The van der Waals surface area contributed by atoms with Gasteiger partial charge in [0.05, 0.1) is 0 Å². The highest BCUT2D eigenvalue weighted by Crippen LogP contribution is 2.23. The predicted octanol–water partition coefficient (Wildman–Crippen LogP) is 5.88. The normalized spacial score (nSPS) is 11.3. The van der Waals surface area contributed by atoms with Gasteiger partial charge in [0.1, 0.15) is 11.5 Å². The van der Waals surface area contributed by atoms with Crippen molar-refractivity contribution in [2.24, 2.45) is 0 Å². The third-order valence-corrected chi connectivity index (χ3v) is 4.00. The van der Waals surface area contributed by atoms with Gasteiger partial charge in [-0.15, -0.1) is 0 Å². The molecule has 3 heteroatoms. The van der Waals surface area contributed by atoms with E-state index < -0.39 is 0 Å². The molecule has 0 radical (unpaired) electrons. The molecular weight excluding hydrogens is 306 g/mol. The summed E-state index contributed by atoms with van der Waals surface area (Å²) in [5.74, 6) is 1.62. The lowest BCUT2D eigenvalue weighted by Gasteiger charge is -2.16. The highest BCUT2D eigenvalue weighted by Gasteiger charge is 1.98. The van der Waals surface area contributed by atoms with Gasteiger partial charge in [0, 0.05) is 11.6 Å². The molecule has 23 heavy (non-hydrogen) atoms. The van der Waals surface area contributed by atoms with Crippen molar-refractivity contribution in [2.45, 2.75) is 20.3 Å². The summed E-state index contributed by atoms with van der Waals surface area (Å²) < 4.78 is 5.79. The van der Waals surface area contributed by atoms with Crippen LogP contribution in [0.5, 0.6) is 11.5 Å². The highest BCUT2D eigenvalue weighted by atomic mass is 35.5. The monoisotopic (exact) mass is 329 g/mol. The van der Waals surface area contributed by atoms with E-state index in [1.165, 1.54) is 5.56 Å². The van der Waals surface area contributed by atoms with Crippen LogP contribution in [-0.4, -0.2) is 24.5 Å². The standard InChI is InChI=1S/C20H24ClNO/c1-3-22(4-2)16-6-5-7-17-8-12-19(13-9-17)23-20-14-10-18(21)11-15-20/h5,7-15H,3-4,6,16H2,1-2H3. The third kappa shape index (κ3) is 6.09. The van der Waals surface area contributed by atoms with Crippen molar-refractivity contribution in [3.05, 3.63) is 65.2 Å². The zero-order valence-electron chi connectivity index (χ0n) is 13.8. The fourth-order valence-electron chi connectivity index (χ4n) is 2.30. The van der Waals surface area contributed by atoms with E-state index in [0.717, 1.165) is 37.6 Å². The van der Waals surface area contributed by atoms with Gasteiger partial charge in [0.2, 0.25) is 0 Å². The molecule has 0 saturated heterocycles. The summed E-state index contributed by atoms with van der Waals surface area (Å²) in [6.07, 6.45) is 5.47. The van der Waals surface area contributed by atoms with Crippen molar-refractivity contribution in [2.75, 3.05) is 19.6 Å². The lowest BCUT2D eigenvalue weighted by molar-refractivity contribution is 0.310. The molecule has 0 unspecified atom stereocenters. The van der Waals surface area contributed by atoms with Crippen molar-refractivity contribution in [1.29, 1.82) is 0 Å². The van der Waals surface area contributed by atoms with Gasteiger partial charge >= 0.3 is 0 Å². The Bertz CT molecular complexity index is 601. The Morgan fingerprint density at radius 1 is 0.913 bits per heavy atom. The molecule has 2 aromatic rings. The first-order valence-electron chi connectivity index (χ1n) is 8.13. The summed E-state index contributed by atoms with van der Waals surface area (Å²) in [7, 11) is 0. The topological polar surface area (TPSA) is 12.5 Å². The Morgan fingerprint density at radius 3 is 2.04 bits per heavy atom. The number of halogens is 1. The number of rotatable bonds is 8. The van der Waals surface area contributed by atoms with Gasteiger partial charge in [0.15, 0.2) is 0 Å². The van der Waals surface area contributed by atoms with Crippen molar-refractivity contribution in [1.82, 2.24) is 4.90 Å². The zero-order chi connectivity index (χ0) is 16.5. The highest BCUT2D eigenvalue weighted by molar-refractivity contribution is 6.30. The number of nitrogens with zero attached hydrogens (tertiary/aromatic N) is 1. The Kier molecular flexibility index (Phi) is 7.18. The predicted molar refractivity (Wildman–Crippen MR) is 99.4 cm³/mol. The van der Waals surface area contributed by atoms with Gasteiger partial charge in [-0.1, -0.05) is 49.7 Å². The van der Waals surface area contributed by atoms with Crippen LogP contribution < -0.4 is 4.74 Å². The SMILES string of the molecule is CCN(CC)CCC=Cc1ccc(Oc2ccc(Cl)cc2)cc1. The van der Waals surface area contributed by atoms with E-state index in [4.69, 9.17) is 16.3 Å². The van der Waals surface area contributed by atoms with E-state index in [-0.39, 0.29) is 0 Å². The lowest BCUT2D eigenvalue weighted by Crippen LogP contribution is -2.23. The molecule has 0 spiro atoms. The Hall–Kier alpha value is -1.77. The maximum absolute atomic E-state index is 5.87. The van der Waals surface area contributed by atoms with E-state index in [2.05, 4.69) is 43.0 Å². The van der Waals surface area contributed by atoms with Crippen LogP contribution in [0.4, 0.5) is 0 Å². The van der Waals surface area contributed by atoms with Crippen LogP contribution in [0.25, 0.3) is 6.08 Å². The molecule has 0 aliphatic rings. The van der Waals surface area contributed by atoms with Crippen LogP contribution in [0, 0.1) is 0 Å². The Morgan fingerprint density at radius 2 is 1.48 bits per heavy atom. The number of hydrogen-bond donors (Lipinski definition) is 0. The van der Waals surface area contributed by atoms with E-state index >= 15 is 0 Å². The molecule has 0 aliphatic carbocycles. The van der Waals surface area contributed by atoms with E-state index in [1.54, 1.807) is 0 Å². The molecule has 0 aromatic heterocycles. The van der Waals surface area contributed by atoms with Crippen molar-refractivity contribution < 1.29 is 4.74 Å². The lowest BCUT2D eigenvalue weighted by atomic mass is 10.2. The first-order chi connectivity index (χ1) is 11.2. The summed E-state index contributed by atoms with van der Waals surface area (Å²) in [6.45, 7) is 7.74. The van der Waals surface area contributed by atoms with Gasteiger partial charge in [0.25, 0.3) is 0 Å². The summed E-state index contributed by atoms with van der Waals surface area (Å²) in [6, 6.07) is 15.5. The molecule has 0 fully saturated rings.